The molecule has 0 spiro atoms. The standard InChI is InChI=1S/C19H28N2O/c22-19(18-6-2-1-3-7-18)20-14-16-8-10-17(11-9-16)15-21-12-4-5-13-21/h8-11,18H,1-7,12-15H2,(H,20,22). The molecule has 1 N–H and O–H groups in total. The maximum absolute atomic E-state index is 12.2. The zero-order valence-corrected chi connectivity index (χ0v) is 13.5. The van der Waals surface area contributed by atoms with E-state index in [1.807, 2.05) is 0 Å². The number of carbonyl (C=O) groups excluding carboxylic acids is 1. The van der Waals surface area contributed by atoms with Crippen molar-refractivity contribution in [3.63, 3.8) is 0 Å². The van der Waals surface area contributed by atoms with Crippen LogP contribution in [0.5, 0.6) is 0 Å². The SMILES string of the molecule is O=C(NCc1ccc(CN2CCCC2)cc1)C1CCCCC1. The lowest BCUT2D eigenvalue weighted by molar-refractivity contribution is -0.126. The average Bonchev–Trinajstić information content (AvgIpc) is 3.08. The molecular weight excluding hydrogens is 272 g/mol. The maximum Gasteiger partial charge on any atom is 0.223 e. The number of amides is 1. The van der Waals surface area contributed by atoms with Gasteiger partial charge in [0.1, 0.15) is 0 Å². The van der Waals surface area contributed by atoms with E-state index in [0.29, 0.717) is 6.54 Å². The first-order chi connectivity index (χ1) is 10.8. The first-order valence-electron chi connectivity index (χ1n) is 8.89. The Hall–Kier alpha value is -1.35. The van der Waals surface area contributed by atoms with E-state index >= 15 is 0 Å². The molecule has 0 bridgehead atoms. The summed E-state index contributed by atoms with van der Waals surface area (Å²) in [5.74, 6) is 0.504. The summed E-state index contributed by atoms with van der Waals surface area (Å²) in [7, 11) is 0. The highest BCUT2D eigenvalue weighted by molar-refractivity contribution is 5.78. The number of rotatable bonds is 5. The molecular formula is C19H28N2O. The second-order valence-electron chi connectivity index (χ2n) is 6.85. The van der Waals surface area contributed by atoms with Crippen LogP contribution in [0, 0.1) is 5.92 Å². The molecule has 1 aliphatic carbocycles. The van der Waals surface area contributed by atoms with E-state index in [2.05, 4.69) is 34.5 Å². The Labute approximate surface area is 134 Å². The summed E-state index contributed by atoms with van der Waals surface area (Å²) in [6.45, 7) is 4.20. The molecule has 1 aliphatic heterocycles. The molecule has 0 aromatic heterocycles. The van der Waals surface area contributed by atoms with Gasteiger partial charge in [-0.25, -0.2) is 0 Å². The second-order valence-corrected chi connectivity index (χ2v) is 6.85. The summed E-state index contributed by atoms with van der Waals surface area (Å²) in [6, 6.07) is 8.74. The Balaban J connectivity index is 1.45. The molecule has 120 valence electrons. The van der Waals surface area contributed by atoms with Crippen LogP contribution < -0.4 is 5.32 Å². The molecule has 2 fully saturated rings. The highest BCUT2D eigenvalue weighted by Gasteiger charge is 2.20. The first kappa shape index (κ1) is 15.5. The predicted molar refractivity (Wildman–Crippen MR) is 89.4 cm³/mol. The Morgan fingerprint density at radius 1 is 0.955 bits per heavy atom. The molecule has 3 rings (SSSR count). The highest BCUT2D eigenvalue weighted by atomic mass is 16.1. The molecule has 22 heavy (non-hydrogen) atoms. The fourth-order valence-electron chi connectivity index (χ4n) is 3.66. The van der Waals surface area contributed by atoms with Crippen LogP contribution in [0.15, 0.2) is 24.3 Å². The van der Waals surface area contributed by atoms with Gasteiger partial charge in [-0.1, -0.05) is 43.5 Å². The highest BCUT2D eigenvalue weighted by Crippen LogP contribution is 2.23. The van der Waals surface area contributed by atoms with E-state index in [4.69, 9.17) is 0 Å². The van der Waals surface area contributed by atoms with Crippen LogP contribution in [0.3, 0.4) is 0 Å². The largest absolute Gasteiger partial charge is 0.352 e. The third-order valence-corrected chi connectivity index (χ3v) is 5.07. The molecule has 1 amide bonds. The third kappa shape index (κ3) is 4.33. The van der Waals surface area contributed by atoms with Gasteiger partial charge in [-0.3, -0.25) is 9.69 Å². The zero-order valence-electron chi connectivity index (χ0n) is 13.5. The number of likely N-dealkylation sites (tertiary alicyclic amines) is 1. The van der Waals surface area contributed by atoms with E-state index in [9.17, 15) is 4.79 Å². The van der Waals surface area contributed by atoms with Gasteiger partial charge in [0, 0.05) is 19.0 Å². The average molecular weight is 300 g/mol. The summed E-state index contributed by atoms with van der Waals surface area (Å²) in [6.07, 6.45) is 8.53. The monoisotopic (exact) mass is 300 g/mol. The Kier molecular flexibility index (Phi) is 5.49. The Morgan fingerprint density at radius 2 is 1.59 bits per heavy atom. The van der Waals surface area contributed by atoms with Gasteiger partial charge in [-0.2, -0.15) is 0 Å². The van der Waals surface area contributed by atoms with Crippen molar-refractivity contribution >= 4 is 5.91 Å². The number of hydrogen-bond donors (Lipinski definition) is 1. The van der Waals surface area contributed by atoms with Crippen LogP contribution >= 0.6 is 0 Å². The summed E-state index contributed by atoms with van der Waals surface area (Å²) < 4.78 is 0. The molecule has 0 radical (unpaired) electrons. The molecule has 0 atom stereocenters. The molecule has 1 saturated carbocycles. The molecule has 1 aromatic carbocycles. The van der Waals surface area contributed by atoms with Gasteiger partial charge in [-0.15, -0.1) is 0 Å². The summed E-state index contributed by atoms with van der Waals surface area (Å²) in [4.78, 5) is 14.7. The van der Waals surface area contributed by atoms with Gasteiger partial charge in [0.05, 0.1) is 0 Å². The van der Waals surface area contributed by atoms with Crippen LogP contribution in [0.25, 0.3) is 0 Å². The summed E-state index contributed by atoms with van der Waals surface area (Å²) in [5.41, 5.74) is 2.58. The third-order valence-electron chi connectivity index (χ3n) is 5.07. The van der Waals surface area contributed by atoms with E-state index in [1.165, 1.54) is 56.3 Å². The Bertz CT molecular complexity index is 471. The lowest BCUT2D eigenvalue weighted by atomic mass is 9.88. The first-order valence-corrected chi connectivity index (χ1v) is 8.89. The topological polar surface area (TPSA) is 32.3 Å². The van der Waals surface area contributed by atoms with Gasteiger partial charge in [0.15, 0.2) is 0 Å². The number of benzene rings is 1. The number of nitrogens with zero attached hydrogens (tertiary/aromatic N) is 1. The number of nitrogens with one attached hydrogen (secondary N) is 1. The van der Waals surface area contributed by atoms with Gasteiger partial charge >= 0.3 is 0 Å². The van der Waals surface area contributed by atoms with Crippen molar-refractivity contribution in [1.29, 1.82) is 0 Å². The molecule has 0 unspecified atom stereocenters. The van der Waals surface area contributed by atoms with Gasteiger partial charge in [0.2, 0.25) is 5.91 Å². The van der Waals surface area contributed by atoms with Gasteiger partial charge in [0.25, 0.3) is 0 Å². The minimum atomic E-state index is 0.251. The van der Waals surface area contributed by atoms with Crippen LogP contribution in [0.4, 0.5) is 0 Å². The van der Waals surface area contributed by atoms with Crippen molar-refractivity contribution in [2.75, 3.05) is 13.1 Å². The fourth-order valence-corrected chi connectivity index (χ4v) is 3.66. The lowest BCUT2D eigenvalue weighted by Gasteiger charge is -2.20. The van der Waals surface area contributed by atoms with E-state index in [1.54, 1.807) is 0 Å². The summed E-state index contributed by atoms with van der Waals surface area (Å²) in [5, 5.41) is 3.11. The summed E-state index contributed by atoms with van der Waals surface area (Å²) >= 11 is 0. The minimum absolute atomic E-state index is 0.251. The van der Waals surface area contributed by atoms with E-state index in [0.717, 1.165) is 19.4 Å². The molecule has 1 saturated heterocycles. The fraction of sp³-hybridized carbons (Fsp3) is 0.632. The number of carbonyl (C=O) groups is 1. The van der Waals surface area contributed by atoms with Crippen molar-refractivity contribution in [2.24, 2.45) is 5.92 Å². The van der Waals surface area contributed by atoms with Gasteiger partial charge in [-0.05, 0) is 49.9 Å². The molecule has 3 nitrogen and oxygen atoms in total. The van der Waals surface area contributed by atoms with E-state index in [-0.39, 0.29) is 11.8 Å². The van der Waals surface area contributed by atoms with E-state index < -0.39 is 0 Å². The van der Waals surface area contributed by atoms with Crippen molar-refractivity contribution in [3.05, 3.63) is 35.4 Å². The van der Waals surface area contributed by atoms with Crippen molar-refractivity contribution in [3.8, 4) is 0 Å². The van der Waals surface area contributed by atoms with Crippen LogP contribution in [-0.4, -0.2) is 23.9 Å². The second kappa shape index (κ2) is 7.77. The van der Waals surface area contributed by atoms with Crippen LogP contribution in [-0.2, 0) is 17.9 Å². The maximum atomic E-state index is 12.2. The minimum Gasteiger partial charge on any atom is -0.352 e. The number of hydrogen-bond acceptors (Lipinski definition) is 2. The molecule has 1 heterocycles. The van der Waals surface area contributed by atoms with Crippen LogP contribution in [0.2, 0.25) is 0 Å². The Morgan fingerprint density at radius 3 is 2.27 bits per heavy atom. The lowest BCUT2D eigenvalue weighted by Crippen LogP contribution is -2.31. The smallest absolute Gasteiger partial charge is 0.223 e. The van der Waals surface area contributed by atoms with Crippen LogP contribution in [0.1, 0.15) is 56.1 Å². The predicted octanol–water partition coefficient (Wildman–Crippen LogP) is 3.48. The van der Waals surface area contributed by atoms with Gasteiger partial charge < -0.3 is 5.32 Å². The zero-order chi connectivity index (χ0) is 15.2. The van der Waals surface area contributed by atoms with Crippen molar-refractivity contribution in [2.45, 2.75) is 58.0 Å². The van der Waals surface area contributed by atoms with Crippen molar-refractivity contribution < 1.29 is 4.79 Å². The molecule has 2 aliphatic rings. The molecule has 1 aromatic rings. The quantitative estimate of drug-likeness (QED) is 0.903. The normalized spacial score (nSPS) is 20.2. The van der Waals surface area contributed by atoms with Crippen molar-refractivity contribution in [1.82, 2.24) is 10.2 Å². The molecule has 3 heteroatoms.